The van der Waals surface area contributed by atoms with Crippen molar-refractivity contribution in [3.8, 4) is 0 Å². The minimum absolute atomic E-state index is 0. The predicted octanol–water partition coefficient (Wildman–Crippen LogP) is 1.94. The SMILES string of the molecule is I.NC(=NCC1CCN(C2CC2)C1)NC1CCCC1. The monoisotopic (exact) mass is 378 g/mol. The van der Waals surface area contributed by atoms with Gasteiger partial charge in [-0.15, -0.1) is 24.0 Å². The maximum absolute atomic E-state index is 5.96. The molecule has 5 heteroatoms. The molecule has 1 aliphatic heterocycles. The van der Waals surface area contributed by atoms with Gasteiger partial charge in [-0.3, -0.25) is 4.99 Å². The normalized spacial score (nSPS) is 29.5. The number of guanidine groups is 1. The first-order valence-electron chi connectivity index (χ1n) is 7.62. The summed E-state index contributed by atoms with van der Waals surface area (Å²) in [6, 6.07) is 1.49. The Balaban J connectivity index is 0.00000133. The van der Waals surface area contributed by atoms with Crippen LogP contribution < -0.4 is 11.1 Å². The molecule has 3 aliphatic rings. The van der Waals surface area contributed by atoms with Gasteiger partial charge in [-0.05, 0) is 44.6 Å². The van der Waals surface area contributed by atoms with Gasteiger partial charge in [0.1, 0.15) is 0 Å². The second-order valence-electron chi connectivity index (χ2n) is 6.23. The smallest absolute Gasteiger partial charge is 0.188 e. The summed E-state index contributed by atoms with van der Waals surface area (Å²) in [6.45, 7) is 3.43. The number of halogens is 1. The second kappa shape index (κ2) is 7.11. The summed E-state index contributed by atoms with van der Waals surface area (Å²) in [5.41, 5.74) is 5.96. The largest absolute Gasteiger partial charge is 0.370 e. The average Bonchev–Trinajstić information content (AvgIpc) is 2.90. The third kappa shape index (κ3) is 4.48. The molecule has 4 nitrogen and oxygen atoms in total. The van der Waals surface area contributed by atoms with E-state index in [1.807, 2.05) is 0 Å². The first-order chi connectivity index (χ1) is 8.81. The average molecular weight is 378 g/mol. The van der Waals surface area contributed by atoms with Gasteiger partial charge < -0.3 is 16.0 Å². The van der Waals surface area contributed by atoms with Crippen LogP contribution in [0.4, 0.5) is 0 Å². The third-order valence-electron chi connectivity index (χ3n) is 4.61. The van der Waals surface area contributed by atoms with Crippen LogP contribution in [0.25, 0.3) is 0 Å². The van der Waals surface area contributed by atoms with Crippen LogP contribution in [0.1, 0.15) is 44.9 Å². The number of nitrogens with two attached hydrogens (primary N) is 1. The minimum Gasteiger partial charge on any atom is -0.370 e. The lowest BCUT2D eigenvalue weighted by Crippen LogP contribution is -2.39. The molecule has 0 spiro atoms. The molecular formula is C14H27IN4. The molecule has 0 amide bonds. The summed E-state index contributed by atoms with van der Waals surface area (Å²) >= 11 is 0. The highest BCUT2D eigenvalue weighted by atomic mass is 127. The fourth-order valence-electron chi connectivity index (χ4n) is 3.34. The van der Waals surface area contributed by atoms with Gasteiger partial charge in [-0.2, -0.15) is 0 Å². The molecule has 19 heavy (non-hydrogen) atoms. The molecule has 2 aliphatic carbocycles. The molecule has 3 rings (SSSR count). The van der Waals surface area contributed by atoms with Crippen molar-refractivity contribution in [1.82, 2.24) is 10.2 Å². The number of hydrogen-bond donors (Lipinski definition) is 2. The number of hydrogen-bond acceptors (Lipinski definition) is 2. The van der Waals surface area contributed by atoms with Crippen LogP contribution in [0.2, 0.25) is 0 Å². The molecule has 3 fully saturated rings. The zero-order valence-corrected chi connectivity index (χ0v) is 14.0. The van der Waals surface area contributed by atoms with E-state index in [0.717, 1.165) is 18.5 Å². The lowest BCUT2D eigenvalue weighted by atomic mass is 10.1. The molecule has 3 N–H and O–H groups in total. The van der Waals surface area contributed by atoms with E-state index < -0.39 is 0 Å². The van der Waals surface area contributed by atoms with Gasteiger partial charge in [-0.25, -0.2) is 0 Å². The Morgan fingerprint density at radius 1 is 1.16 bits per heavy atom. The van der Waals surface area contributed by atoms with Crippen LogP contribution in [0, 0.1) is 5.92 Å². The number of nitrogens with one attached hydrogen (secondary N) is 1. The molecule has 0 aromatic rings. The summed E-state index contributed by atoms with van der Waals surface area (Å²) in [6.07, 6.45) is 9.33. The molecule has 1 heterocycles. The van der Waals surface area contributed by atoms with E-state index in [2.05, 4.69) is 15.2 Å². The van der Waals surface area contributed by atoms with Crippen LogP contribution in [0.3, 0.4) is 0 Å². The van der Waals surface area contributed by atoms with E-state index >= 15 is 0 Å². The van der Waals surface area contributed by atoms with Gasteiger partial charge in [0, 0.05) is 25.2 Å². The highest BCUT2D eigenvalue weighted by molar-refractivity contribution is 14.0. The predicted molar refractivity (Wildman–Crippen MR) is 90.0 cm³/mol. The summed E-state index contributed by atoms with van der Waals surface area (Å²) in [5.74, 6) is 1.40. The highest BCUT2D eigenvalue weighted by Gasteiger charge is 2.34. The van der Waals surface area contributed by atoms with Crippen LogP contribution >= 0.6 is 24.0 Å². The van der Waals surface area contributed by atoms with Crippen LogP contribution in [-0.4, -0.2) is 42.6 Å². The summed E-state index contributed by atoms with van der Waals surface area (Å²) in [5, 5.41) is 3.36. The first kappa shape index (κ1) is 15.4. The maximum atomic E-state index is 5.96. The van der Waals surface area contributed by atoms with Gasteiger partial charge in [0.25, 0.3) is 0 Å². The molecule has 0 radical (unpaired) electrons. The van der Waals surface area contributed by atoms with Crippen LogP contribution in [0.5, 0.6) is 0 Å². The Bertz CT molecular complexity index is 311. The lowest BCUT2D eigenvalue weighted by Gasteiger charge is -2.15. The fraction of sp³-hybridized carbons (Fsp3) is 0.929. The van der Waals surface area contributed by atoms with E-state index in [1.165, 1.54) is 58.0 Å². The number of likely N-dealkylation sites (tertiary alicyclic amines) is 1. The maximum Gasteiger partial charge on any atom is 0.188 e. The van der Waals surface area contributed by atoms with E-state index in [9.17, 15) is 0 Å². The van der Waals surface area contributed by atoms with Crippen molar-refractivity contribution in [2.24, 2.45) is 16.6 Å². The van der Waals surface area contributed by atoms with Crippen molar-refractivity contribution >= 4 is 29.9 Å². The van der Waals surface area contributed by atoms with Crippen LogP contribution in [0.15, 0.2) is 4.99 Å². The van der Waals surface area contributed by atoms with Crippen LogP contribution in [-0.2, 0) is 0 Å². The third-order valence-corrected chi connectivity index (χ3v) is 4.61. The Morgan fingerprint density at radius 3 is 2.58 bits per heavy atom. The molecule has 0 aromatic carbocycles. The molecule has 1 atom stereocenters. The minimum atomic E-state index is 0. The molecule has 0 aromatic heterocycles. The summed E-state index contributed by atoms with van der Waals surface area (Å²) in [4.78, 5) is 7.18. The van der Waals surface area contributed by atoms with Crippen molar-refractivity contribution in [2.45, 2.75) is 57.0 Å². The Hall–Kier alpha value is -0.0400. The summed E-state index contributed by atoms with van der Waals surface area (Å²) < 4.78 is 0. The number of rotatable bonds is 4. The van der Waals surface area contributed by atoms with Gasteiger partial charge in [0.2, 0.25) is 0 Å². The second-order valence-corrected chi connectivity index (χ2v) is 6.23. The Labute approximate surface area is 133 Å². The quantitative estimate of drug-likeness (QED) is 0.447. The molecule has 1 saturated heterocycles. The molecular weight excluding hydrogens is 351 g/mol. The molecule has 0 bridgehead atoms. The molecule has 2 saturated carbocycles. The van der Waals surface area contributed by atoms with Gasteiger partial charge in [-0.1, -0.05) is 12.8 Å². The van der Waals surface area contributed by atoms with Gasteiger partial charge in [0.15, 0.2) is 5.96 Å². The van der Waals surface area contributed by atoms with E-state index in [0.29, 0.717) is 12.0 Å². The van der Waals surface area contributed by atoms with Crippen molar-refractivity contribution in [3.05, 3.63) is 0 Å². The Morgan fingerprint density at radius 2 is 1.89 bits per heavy atom. The first-order valence-corrected chi connectivity index (χ1v) is 7.62. The van der Waals surface area contributed by atoms with Gasteiger partial charge >= 0.3 is 0 Å². The van der Waals surface area contributed by atoms with E-state index in [-0.39, 0.29) is 24.0 Å². The standard InChI is InChI=1S/C14H26N4.HI/c15-14(17-12-3-1-2-4-12)16-9-11-7-8-18(10-11)13-5-6-13;/h11-13H,1-10H2,(H3,15,16,17);1H. The van der Waals surface area contributed by atoms with E-state index in [1.54, 1.807) is 0 Å². The topological polar surface area (TPSA) is 53.6 Å². The molecule has 1 unspecified atom stereocenters. The highest BCUT2D eigenvalue weighted by Crippen LogP contribution is 2.31. The number of nitrogens with zero attached hydrogens (tertiary/aromatic N) is 2. The van der Waals surface area contributed by atoms with Crippen molar-refractivity contribution in [2.75, 3.05) is 19.6 Å². The zero-order chi connectivity index (χ0) is 12.4. The van der Waals surface area contributed by atoms with Gasteiger partial charge in [0.05, 0.1) is 0 Å². The van der Waals surface area contributed by atoms with Crippen molar-refractivity contribution in [3.63, 3.8) is 0 Å². The zero-order valence-electron chi connectivity index (χ0n) is 11.7. The lowest BCUT2D eigenvalue weighted by molar-refractivity contribution is 0.315. The van der Waals surface area contributed by atoms with E-state index in [4.69, 9.17) is 5.73 Å². The Kier molecular flexibility index (Phi) is 5.74. The fourth-order valence-corrected chi connectivity index (χ4v) is 3.34. The summed E-state index contributed by atoms with van der Waals surface area (Å²) in [7, 11) is 0. The van der Waals surface area contributed by atoms with Crippen molar-refractivity contribution < 1.29 is 0 Å². The molecule has 110 valence electrons. The number of aliphatic imine (C=N–C) groups is 1. The van der Waals surface area contributed by atoms with Crippen molar-refractivity contribution in [1.29, 1.82) is 0 Å².